The van der Waals surface area contributed by atoms with Crippen LogP contribution < -0.4 is 10.5 Å². The molecule has 1 amide bonds. The Bertz CT molecular complexity index is 962. The van der Waals surface area contributed by atoms with Crippen LogP contribution in [0.15, 0.2) is 58.3 Å². The smallest absolute Gasteiger partial charge is 0.271 e. The summed E-state index contributed by atoms with van der Waals surface area (Å²) in [4.78, 5) is 19.9. The summed E-state index contributed by atoms with van der Waals surface area (Å²) in [6.07, 6.45) is 1.17. The van der Waals surface area contributed by atoms with E-state index in [0.717, 1.165) is 45.4 Å². The van der Waals surface area contributed by atoms with Gasteiger partial charge in [-0.05, 0) is 45.2 Å². The summed E-state index contributed by atoms with van der Waals surface area (Å²) >= 11 is 0. The third-order valence-electron chi connectivity index (χ3n) is 5.30. The van der Waals surface area contributed by atoms with E-state index in [1.165, 1.54) is 19.1 Å². The second-order valence-corrected chi connectivity index (χ2v) is 8.00. The maximum absolute atomic E-state index is 13.8. The summed E-state index contributed by atoms with van der Waals surface area (Å²) in [6.45, 7) is 6.72. The number of halogens is 2. The number of amides is 1. The Balaban J connectivity index is 2.06. The first kappa shape index (κ1) is 27.2. The lowest BCUT2D eigenvalue weighted by atomic mass is 10.1. The number of aliphatic hydroxyl groups is 2. The van der Waals surface area contributed by atoms with Crippen LogP contribution >= 0.6 is 0 Å². The molecule has 1 aromatic carbocycles. The van der Waals surface area contributed by atoms with Gasteiger partial charge in [0.1, 0.15) is 30.1 Å². The topological polar surface area (TPSA) is 112 Å². The lowest BCUT2D eigenvalue weighted by molar-refractivity contribution is -0.114. The van der Waals surface area contributed by atoms with Crippen molar-refractivity contribution in [2.45, 2.75) is 20.0 Å². The molecule has 186 valence electrons. The molecule has 1 atom stereocenters. The van der Waals surface area contributed by atoms with Crippen LogP contribution in [0.1, 0.15) is 19.4 Å². The third kappa shape index (κ3) is 8.05. The predicted molar refractivity (Wildman–Crippen MR) is 128 cm³/mol. The van der Waals surface area contributed by atoms with Crippen molar-refractivity contribution >= 4 is 17.9 Å². The Hall–Kier alpha value is -3.08. The monoisotopic (exact) mass is 478 g/mol. The van der Waals surface area contributed by atoms with Gasteiger partial charge in [0.15, 0.2) is 11.5 Å². The average molecular weight is 479 g/mol. The van der Waals surface area contributed by atoms with Crippen LogP contribution in [0, 0.1) is 0 Å². The number of nitrogens with two attached hydrogens (primary N) is 1. The van der Waals surface area contributed by atoms with Crippen molar-refractivity contribution < 1.29 is 28.5 Å². The molecule has 1 fully saturated rings. The van der Waals surface area contributed by atoms with E-state index in [0.29, 0.717) is 12.3 Å². The number of aliphatic imine (C=N–C) groups is 1. The fourth-order valence-electron chi connectivity index (χ4n) is 3.26. The van der Waals surface area contributed by atoms with Crippen molar-refractivity contribution in [3.05, 3.63) is 58.8 Å². The summed E-state index contributed by atoms with van der Waals surface area (Å²) in [7, 11) is 2.06. The van der Waals surface area contributed by atoms with E-state index < -0.39 is 40.7 Å². The number of allylic oxidation sites excluding steroid dienone is 4. The average Bonchev–Trinajstić information content (AvgIpc) is 2.81. The second-order valence-electron chi connectivity index (χ2n) is 8.00. The molecule has 10 heteroatoms. The van der Waals surface area contributed by atoms with Gasteiger partial charge in [-0.1, -0.05) is 6.08 Å². The maximum atomic E-state index is 13.8. The van der Waals surface area contributed by atoms with Crippen LogP contribution in [0.2, 0.25) is 0 Å². The van der Waals surface area contributed by atoms with Gasteiger partial charge in [0.25, 0.3) is 5.91 Å². The van der Waals surface area contributed by atoms with E-state index in [4.69, 9.17) is 10.5 Å². The molecule has 0 spiro atoms. The van der Waals surface area contributed by atoms with Crippen molar-refractivity contribution in [2.24, 2.45) is 10.7 Å². The second kappa shape index (κ2) is 13.0. The van der Waals surface area contributed by atoms with Crippen LogP contribution in [0.5, 0.6) is 5.75 Å². The van der Waals surface area contributed by atoms with Gasteiger partial charge < -0.3 is 25.6 Å². The third-order valence-corrected chi connectivity index (χ3v) is 5.30. The molecule has 2 rings (SSSR count). The van der Waals surface area contributed by atoms with Crippen LogP contribution in [-0.4, -0.2) is 84.6 Å². The minimum atomic E-state index is -1.07. The van der Waals surface area contributed by atoms with Gasteiger partial charge in [-0.25, -0.2) is 13.8 Å². The first-order chi connectivity index (χ1) is 16.1. The van der Waals surface area contributed by atoms with Crippen molar-refractivity contribution in [3.8, 4) is 5.75 Å². The van der Waals surface area contributed by atoms with Gasteiger partial charge in [-0.15, -0.1) is 0 Å². The highest BCUT2D eigenvalue weighted by atomic mass is 19.1. The number of likely N-dealkylation sites (N-methyl/N-ethyl adjacent to an activating group) is 1. The summed E-state index contributed by atoms with van der Waals surface area (Å²) in [5.41, 5.74) is 4.47. The highest BCUT2D eigenvalue weighted by Crippen LogP contribution is 2.22. The van der Waals surface area contributed by atoms with Crippen molar-refractivity contribution in [1.82, 2.24) is 9.80 Å². The van der Waals surface area contributed by atoms with Gasteiger partial charge in [-0.3, -0.25) is 9.69 Å². The van der Waals surface area contributed by atoms with Gasteiger partial charge in [0, 0.05) is 44.5 Å². The molecule has 4 N–H and O–H groups in total. The molecule has 1 aliphatic heterocycles. The number of ether oxygens (including phenoxy) is 1. The molecule has 0 bridgehead atoms. The normalized spacial score (nSPS) is 18.5. The number of benzene rings is 1. The van der Waals surface area contributed by atoms with Crippen LogP contribution in [0.3, 0.4) is 0 Å². The van der Waals surface area contributed by atoms with E-state index in [-0.39, 0.29) is 12.2 Å². The SMILES string of the molecule is C\C=C(F)/C(/C=N\C(C(N)=O)=C(/O)c1ccc(OCC(O)CN2CCN(C)CC2)cc1)=C(\C)F. The number of aliphatic hydroxyl groups excluding tert-OH is 2. The zero-order chi connectivity index (χ0) is 25.3. The Kier molecular flexibility index (Phi) is 10.4. The molecule has 1 heterocycles. The Morgan fingerprint density at radius 2 is 1.85 bits per heavy atom. The molecule has 8 nitrogen and oxygen atoms in total. The summed E-state index contributed by atoms with van der Waals surface area (Å²) < 4.78 is 33.0. The van der Waals surface area contributed by atoms with E-state index in [1.807, 2.05) is 0 Å². The van der Waals surface area contributed by atoms with Crippen molar-refractivity contribution in [3.63, 3.8) is 0 Å². The minimum absolute atomic E-state index is 0.0958. The quantitative estimate of drug-likeness (QED) is 0.206. The van der Waals surface area contributed by atoms with E-state index in [2.05, 4.69) is 21.8 Å². The summed E-state index contributed by atoms with van der Waals surface area (Å²) in [5, 5.41) is 20.7. The zero-order valence-corrected chi connectivity index (χ0v) is 19.7. The largest absolute Gasteiger partial charge is 0.505 e. The van der Waals surface area contributed by atoms with Crippen molar-refractivity contribution in [2.75, 3.05) is 46.4 Å². The van der Waals surface area contributed by atoms with Gasteiger partial charge in [0.2, 0.25) is 0 Å². The number of hydrogen-bond acceptors (Lipinski definition) is 7. The van der Waals surface area contributed by atoms with Crippen LogP contribution in [0.25, 0.3) is 5.76 Å². The number of primary amides is 1. The molecule has 0 saturated carbocycles. The predicted octanol–water partition coefficient (Wildman–Crippen LogP) is 2.57. The number of rotatable bonds is 10. The van der Waals surface area contributed by atoms with Gasteiger partial charge in [0.05, 0.1) is 5.57 Å². The molecular formula is C24H32F2N4O4. The number of piperazine rings is 1. The molecule has 1 unspecified atom stereocenters. The van der Waals surface area contributed by atoms with Crippen LogP contribution in [0.4, 0.5) is 8.78 Å². The zero-order valence-electron chi connectivity index (χ0n) is 19.7. The van der Waals surface area contributed by atoms with Gasteiger partial charge >= 0.3 is 0 Å². The van der Waals surface area contributed by atoms with Crippen LogP contribution in [-0.2, 0) is 4.79 Å². The number of carbonyl (C=O) groups excluding carboxylic acids is 1. The number of β-amino-alcohol motifs (C(OH)–C–C–N with tert-alkyl or cyclic N) is 1. The lowest BCUT2D eigenvalue weighted by Gasteiger charge is -2.33. The molecule has 0 aromatic heterocycles. The summed E-state index contributed by atoms with van der Waals surface area (Å²) in [6, 6.07) is 6.04. The molecule has 1 aromatic rings. The Morgan fingerprint density at radius 3 is 2.38 bits per heavy atom. The summed E-state index contributed by atoms with van der Waals surface area (Å²) in [5.74, 6) is -2.89. The fraction of sp³-hybridized carbons (Fsp3) is 0.417. The molecule has 1 aliphatic rings. The van der Waals surface area contributed by atoms with Gasteiger partial charge in [-0.2, -0.15) is 0 Å². The fourth-order valence-corrected chi connectivity index (χ4v) is 3.26. The lowest BCUT2D eigenvalue weighted by Crippen LogP contribution is -2.47. The number of nitrogens with zero attached hydrogens (tertiary/aromatic N) is 3. The standard InChI is InChI=1S/C24H32F2N4O4/c1-4-21(26)20(16(2)25)13-28-22(24(27)33)23(32)17-5-7-19(8-6-17)34-15-18(31)14-30-11-9-29(3)10-12-30/h4-8,13,18,31-32H,9-12,14-15H2,1-3H3,(H2,27,33)/b20-16+,21-4+,23-22-,28-13-. The maximum Gasteiger partial charge on any atom is 0.271 e. The molecule has 1 saturated heterocycles. The molecule has 0 aliphatic carbocycles. The Labute approximate surface area is 198 Å². The first-order valence-electron chi connectivity index (χ1n) is 10.9. The molecule has 34 heavy (non-hydrogen) atoms. The van der Waals surface area contributed by atoms with E-state index in [1.54, 1.807) is 12.1 Å². The van der Waals surface area contributed by atoms with E-state index >= 15 is 0 Å². The minimum Gasteiger partial charge on any atom is -0.505 e. The van der Waals surface area contributed by atoms with E-state index in [9.17, 15) is 23.8 Å². The first-order valence-corrected chi connectivity index (χ1v) is 10.9. The molecular weight excluding hydrogens is 446 g/mol. The van der Waals surface area contributed by atoms with Crippen molar-refractivity contribution in [1.29, 1.82) is 0 Å². The highest BCUT2D eigenvalue weighted by Gasteiger charge is 2.18. The Morgan fingerprint density at radius 1 is 1.24 bits per heavy atom. The number of carbonyl (C=O) groups is 1. The molecule has 0 radical (unpaired) electrons. The highest BCUT2D eigenvalue weighted by molar-refractivity contribution is 6.01. The number of hydrogen-bond donors (Lipinski definition) is 3.